The highest BCUT2D eigenvalue weighted by atomic mass is 16.1. The predicted octanol–water partition coefficient (Wildman–Crippen LogP) is 4.34. The number of ketones is 1. The summed E-state index contributed by atoms with van der Waals surface area (Å²) < 4.78 is 0. The van der Waals surface area contributed by atoms with Gasteiger partial charge in [-0.3, -0.25) is 4.79 Å². The van der Waals surface area contributed by atoms with Crippen molar-refractivity contribution < 1.29 is 4.79 Å². The van der Waals surface area contributed by atoms with E-state index in [0.29, 0.717) is 6.54 Å². The Balaban J connectivity index is 2.13. The molecule has 0 heterocycles. The van der Waals surface area contributed by atoms with Crippen molar-refractivity contribution in [2.24, 2.45) is 5.41 Å². The van der Waals surface area contributed by atoms with E-state index in [4.69, 9.17) is 0 Å². The van der Waals surface area contributed by atoms with Gasteiger partial charge in [-0.2, -0.15) is 0 Å². The van der Waals surface area contributed by atoms with Gasteiger partial charge < -0.3 is 4.90 Å². The quantitative estimate of drug-likeness (QED) is 0.760. The molecule has 0 spiro atoms. The lowest BCUT2D eigenvalue weighted by Crippen LogP contribution is -2.37. The van der Waals surface area contributed by atoms with Crippen LogP contribution in [0.2, 0.25) is 0 Å². The monoisotopic (exact) mass is 281 g/mol. The SMILES string of the molecule is Cc1ccc(N(C)CC(C)(C)C(=O)c2ccccc2)cc1. The molecule has 110 valence electrons. The minimum atomic E-state index is -0.430. The van der Waals surface area contributed by atoms with Gasteiger partial charge in [-0.25, -0.2) is 0 Å². The molecule has 0 saturated heterocycles. The maximum atomic E-state index is 12.7. The lowest BCUT2D eigenvalue weighted by Gasteiger charge is -2.30. The van der Waals surface area contributed by atoms with E-state index >= 15 is 0 Å². The van der Waals surface area contributed by atoms with Crippen LogP contribution in [0.15, 0.2) is 54.6 Å². The first-order valence-electron chi connectivity index (χ1n) is 7.28. The molecule has 0 unspecified atom stereocenters. The molecule has 0 aliphatic rings. The van der Waals surface area contributed by atoms with Gasteiger partial charge in [-0.05, 0) is 19.1 Å². The van der Waals surface area contributed by atoms with Crippen molar-refractivity contribution in [1.29, 1.82) is 0 Å². The van der Waals surface area contributed by atoms with Crippen molar-refractivity contribution in [2.75, 3.05) is 18.5 Å². The van der Waals surface area contributed by atoms with E-state index in [1.165, 1.54) is 5.56 Å². The Morgan fingerprint density at radius 2 is 1.57 bits per heavy atom. The highest BCUT2D eigenvalue weighted by molar-refractivity contribution is 6.00. The third kappa shape index (κ3) is 3.72. The molecule has 2 nitrogen and oxygen atoms in total. The lowest BCUT2D eigenvalue weighted by molar-refractivity contribution is 0.0846. The van der Waals surface area contributed by atoms with Gasteiger partial charge in [0.15, 0.2) is 5.78 Å². The number of carbonyl (C=O) groups is 1. The molecular weight excluding hydrogens is 258 g/mol. The van der Waals surface area contributed by atoms with Crippen LogP contribution in [0.5, 0.6) is 0 Å². The van der Waals surface area contributed by atoms with Gasteiger partial charge in [0, 0.05) is 30.3 Å². The summed E-state index contributed by atoms with van der Waals surface area (Å²) in [5.41, 5.74) is 2.72. The molecule has 2 aromatic carbocycles. The molecule has 21 heavy (non-hydrogen) atoms. The third-order valence-electron chi connectivity index (χ3n) is 3.76. The minimum Gasteiger partial charge on any atom is -0.374 e. The molecule has 0 saturated carbocycles. The molecule has 0 radical (unpaired) electrons. The number of hydrogen-bond acceptors (Lipinski definition) is 2. The van der Waals surface area contributed by atoms with Gasteiger partial charge in [-0.1, -0.05) is 61.9 Å². The highest BCUT2D eigenvalue weighted by Crippen LogP contribution is 2.25. The topological polar surface area (TPSA) is 20.3 Å². The molecule has 0 amide bonds. The average molecular weight is 281 g/mol. The van der Waals surface area contributed by atoms with Gasteiger partial charge in [0.05, 0.1) is 0 Å². The van der Waals surface area contributed by atoms with Crippen molar-refractivity contribution in [3.63, 3.8) is 0 Å². The van der Waals surface area contributed by atoms with Crippen LogP contribution in [-0.2, 0) is 0 Å². The van der Waals surface area contributed by atoms with Gasteiger partial charge >= 0.3 is 0 Å². The van der Waals surface area contributed by atoms with Crippen LogP contribution in [0, 0.1) is 12.3 Å². The van der Waals surface area contributed by atoms with Gasteiger partial charge in [0.25, 0.3) is 0 Å². The van der Waals surface area contributed by atoms with Crippen molar-refractivity contribution in [3.05, 3.63) is 65.7 Å². The molecule has 0 aliphatic carbocycles. The van der Waals surface area contributed by atoms with Crippen molar-refractivity contribution in [3.8, 4) is 0 Å². The van der Waals surface area contributed by atoms with Crippen molar-refractivity contribution >= 4 is 11.5 Å². The lowest BCUT2D eigenvalue weighted by atomic mass is 9.83. The maximum Gasteiger partial charge on any atom is 0.170 e. The fourth-order valence-corrected chi connectivity index (χ4v) is 2.54. The Bertz CT molecular complexity index is 599. The molecule has 0 N–H and O–H groups in total. The second kappa shape index (κ2) is 6.13. The Kier molecular flexibility index (Phi) is 4.46. The van der Waals surface area contributed by atoms with Crippen LogP contribution in [-0.4, -0.2) is 19.4 Å². The third-order valence-corrected chi connectivity index (χ3v) is 3.76. The van der Waals surface area contributed by atoms with Crippen LogP contribution in [0.4, 0.5) is 5.69 Å². The van der Waals surface area contributed by atoms with Gasteiger partial charge in [0.2, 0.25) is 0 Å². The number of Topliss-reactive ketones (excluding diaryl/α,β-unsaturated/α-hetero) is 1. The molecule has 0 fully saturated rings. The fraction of sp³-hybridized carbons (Fsp3) is 0.316. The Morgan fingerprint density at radius 1 is 1.00 bits per heavy atom. The van der Waals surface area contributed by atoms with E-state index in [0.717, 1.165) is 11.3 Å². The first-order chi connectivity index (χ1) is 9.90. The van der Waals surface area contributed by atoms with Crippen molar-refractivity contribution in [2.45, 2.75) is 20.8 Å². The molecule has 2 rings (SSSR count). The van der Waals surface area contributed by atoms with Crippen LogP contribution in [0.1, 0.15) is 29.8 Å². The zero-order valence-corrected chi connectivity index (χ0v) is 13.3. The summed E-state index contributed by atoms with van der Waals surface area (Å²) in [7, 11) is 2.03. The average Bonchev–Trinajstić information content (AvgIpc) is 2.47. The maximum absolute atomic E-state index is 12.7. The summed E-state index contributed by atoms with van der Waals surface area (Å²) in [4.78, 5) is 14.8. The van der Waals surface area contributed by atoms with E-state index in [-0.39, 0.29) is 5.78 Å². The minimum absolute atomic E-state index is 0.182. The summed E-state index contributed by atoms with van der Waals surface area (Å²) in [6, 6.07) is 17.9. The van der Waals surface area contributed by atoms with E-state index in [1.807, 2.05) is 51.2 Å². The van der Waals surface area contributed by atoms with E-state index in [1.54, 1.807) is 0 Å². The van der Waals surface area contributed by atoms with Crippen LogP contribution in [0.25, 0.3) is 0 Å². The zero-order chi connectivity index (χ0) is 15.5. The van der Waals surface area contributed by atoms with Crippen LogP contribution < -0.4 is 4.90 Å². The Labute approximate surface area is 127 Å². The number of carbonyl (C=O) groups excluding carboxylic acids is 1. The second-order valence-corrected chi connectivity index (χ2v) is 6.27. The molecule has 2 heteroatoms. The number of aryl methyl sites for hydroxylation is 1. The Hall–Kier alpha value is -2.09. The summed E-state index contributed by atoms with van der Waals surface area (Å²) in [5, 5.41) is 0. The summed E-state index contributed by atoms with van der Waals surface area (Å²) in [5.74, 6) is 0.182. The second-order valence-electron chi connectivity index (χ2n) is 6.27. The van der Waals surface area contributed by atoms with Crippen LogP contribution >= 0.6 is 0 Å². The molecule has 2 aromatic rings. The fourth-order valence-electron chi connectivity index (χ4n) is 2.54. The number of nitrogens with zero attached hydrogens (tertiary/aromatic N) is 1. The smallest absolute Gasteiger partial charge is 0.170 e. The van der Waals surface area contributed by atoms with Crippen molar-refractivity contribution in [1.82, 2.24) is 0 Å². The van der Waals surface area contributed by atoms with E-state index in [2.05, 4.69) is 36.1 Å². The predicted molar refractivity (Wildman–Crippen MR) is 89.0 cm³/mol. The molecule has 0 aliphatic heterocycles. The number of hydrogen-bond donors (Lipinski definition) is 0. The number of anilines is 1. The first kappa shape index (κ1) is 15.3. The normalized spacial score (nSPS) is 11.2. The molecular formula is C19H23NO. The van der Waals surface area contributed by atoms with Gasteiger partial charge in [-0.15, -0.1) is 0 Å². The highest BCUT2D eigenvalue weighted by Gasteiger charge is 2.30. The number of rotatable bonds is 5. The largest absolute Gasteiger partial charge is 0.374 e. The summed E-state index contributed by atoms with van der Waals surface area (Å²) in [6.07, 6.45) is 0. The number of benzene rings is 2. The standard InChI is InChI=1S/C19H23NO/c1-15-10-12-17(13-11-15)20(4)14-19(2,3)18(21)16-8-6-5-7-9-16/h5-13H,14H2,1-4H3. The van der Waals surface area contributed by atoms with Crippen LogP contribution in [0.3, 0.4) is 0 Å². The van der Waals surface area contributed by atoms with E-state index in [9.17, 15) is 4.79 Å². The Morgan fingerprint density at radius 3 is 2.14 bits per heavy atom. The first-order valence-corrected chi connectivity index (χ1v) is 7.28. The van der Waals surface area contributed by atoms with Gasteiger partial charge in [0.1, 0.15) is 0 Å². The zero-order valence-electron chi connectivity index (χ0n) is 13.3. The summed E-state index contributed by atoms with van der Waals surface area (Å²) >= 11 is 0. The molecule has 0 atom stereocenters. The molecule has 0 bridgehead atoms. The molecule has 0 aromatic heterocycles. The van der Waals surface area contributed by atoms with E-state index < -0.39 is 5.41 Å². The summed E-state index contributed by atoms with van der Waals surface area (Å²) in [6.45, 7) is 6.77.